The summed E-state index contributed by atoms with van der Waals surface area (Å²) < 4.78 is 17.7. The fraction of sp³-hybridized carbons (Fsp3) is 0.417. The molecule has 0 heterocycles. The van der Waals surface area contributed by atoms with E-state index >= 15 is 0 Å². The highest BCUT2D eigenvalue weighted by Crippen LogP contribution is 2.23. The molecule has 17 heavy (non-hydrogen) atoms. The Hall–Kier alpha value is -1.13. The molecule has 3 nitrogen and oxygen atoms in total. The largest absolute Gasteiger partial charge is 0.466 e. The summed E-state index contributed by atoms with van der Waals surface area (Å²) in [6, 6.07) is 3.82. The van der Waals surface area contributed by atoms with Gasteiger partial charge < -0.3 is 9.84 Å². The third-order valence-electron chi connectivity index (χ3n) is 2.20. The van der Waals surface area contributed by atoms with Gasteiger partial charge in [0.1, 0.15) is 5.82 Å². The lowest BCUT2D eigenvalue weighted by atomic mass is 10.0. The van der Waals surface area contributed by atoms with E-state index in [9.17, 15) is 14.3 Å². The summed E-state index contributed by atoms with van der Waals surface area (Å²) in [5.41, 5.74) is 0.360. The van der Waals surface area contributed by atoms with Crippen molar-refractivity contribution in [2.75, 3.05) is 6.61 Å². The van der Waals surface area contributed by atoms with Crippen LogP contribution in [0.3, 0.4) is 0 Å². The molecule has 5 heteroatoms. The van der Waals surface area contributed by atoms with Crippen LogP contribution in [0.15, 0.2) is 18.2 Å². The van der Waals surface area contributed by atoms with E-state index in [0.29, 0.717) is 12.2 Å². The van der Waals surface area contributed by atoms with Crippen LogP contribution in [0.25, 0.3) is 0 Å². The number of carbonyl (C=O) groups is 1. The Bertz CT molecular complexity index is 375. The Morgan fingerprint density at radius 1 is 1.53 bits per heavy atom. The second kappa shape index (κ2) is 6.57. The number of ether oxygens (including phenoxy) is 1. The van der Waals surface area contributed by atoms with Crippen LogP contribution in [0.5, 0.6) is 0 Å². The Kier molecular flexibility index (Phi) is 5.38. The highest BCUT2D eigenvalue weighted by Gasteiger charge is 2.12. The molecule has 0 aromatic heterocycles. The van der Waals surface area contributed by atoms with Gasteiger partial charge in [0.2, 0.25) is 0 Å². The number of aliphatic hydroxyl groups excluding tert-OH is 1. The van der Waals surface area contributed by atoms with Crippen molar-refractivity contribution in [1.82, 2.24) is 0 Å². The Labute approximate surface area is 104 Å². The lowest BCUT2D eigenvalue weighted by Gasteiger charge is -2.11. The first-order valence-corrected chi connectivity index (χ1v) is 5.70. The van der Waals surface area contributed by atoms with Gasteiger partial charge in [0.05, 0.1) is 12.7 Å². The van der Waals surface area contributed by atoms with Gasteiger partial charge in [0, 0.05) is 11.4 Å². The van der Waals surface area contributed by atoms with E-state index in [0.717, 1.165) is 6.07 Å². The lowest BCUT2D eigenvalue weighted by molar-refractivity contribution is -0.143. The van der Waals surface area contributed by atoms with E-state index in [-0.39, 0.29) is 23.8 Å². The zero-order valence-corrected chi connectivity index (χ0v) is 10.2. The highest BCUT2D eigenvalue weighted by atomic mass is 35.5. The Balaban J connectivity index is 2.57. The Morgan fingerprint density at radius 2 is 2.24 bits per heavy atom. The van der Waals surface area contributed by atoms with E-state index < -0.39 is 11.9 Å². The molecule has 1 unspecified atom stereocenters. The second-order valence-electron chi connectivity index (χ2n) is 3.56. The summed E-state index contributed by atoms with van der Waals surface area (Å²) in [6.07, 6.45) is -0.658. The topological polar surface area (TPSA) is 46.5 Å². The highest BCUT2D eigenvalue weighted by molar-refractivity contribution is 6.30. The molecule has 0 amide bonds. The molecule has 1 rings (SSSR count). The molecule has 1 atom stereocenters. The quantitative estimate of drug-likeness (QED) is 0.828. The van der Waals surface area contributed by atoms with Gasteiger partial charge in [0.15, 0.2) is 0 Å². The minimum atomic E-state index is -0.924. The molecular weight excluding hydrogens is 247 g/mol. The SMILES string of the molecule is CCOC(=O)CCC(O)c1cc(F)cc(Cl)c1. The maximum Gasteiger partial charge on any atom is 0.305 e. The number of rotatable bonds is 5. The normalized spacial score (nSPS) is 12.2. The predicted molar refractivity (Wildman–Crippen MR) is 62.2 cm³/mol. The van der Waals surface area contributed by atoms with Crippen molar-refractivity contribution < 1.29 is 19.0 Å². The molecule has 0 aliphatic rings. The second-order valence-corrected chi connectivity index (χ2v) is 4.00. The molecule has 0 spiro atoms. The third kappa shape index (κ3) is 4.71. The predicted octanol–water partition coefficient (Wildman–Crippen LogP) is 2.86. The smallest absolute Gasteiger partial charge is 0.305 e. The summed E-state index contributed by atoms with van der Waals surface area (Å²) in [6.45, 7) is 2.02. The number of esters is 1. The van der Waals surface area contributed by atoms with E-state index in [1.54, 1.807) is 6.92 Å². The number of carbonyl (C=O) groups excluding carboxylic acids is 1. The van der Waals surface area contributed by atoms with Crippen LogP contribution in [0, 0.1) is 5.82 Å². The molecule has 1 aromatic rings. The summed E-state index contributed by atoms with van der Waals surface area (Å²) in [7, 11) is 0. The molecule has 0 aliphatic heterocycles. The van der Waals surface area contributed by atoms with Gasteiger partial charge in [-0.25, -0.2) is 4.39 Å². The van der Waals surface area contributed by atoms with Crippen LogP contribution in [-0.4, -0.2) is 17.7 Å². The summed E-state index contributed by atoms with van der Waals surface area (Å²) in [5.74, 6) is -0.892. The van der Waals surface area contributed by atoms with Crippen LogP contribution in [-0.2, 0) is 9.53 Å². The minimum absolute atomic E-state index is 0.0864. The first-order chi connectivity index (χ1) is 8.02. The van der Waals surface area contributed by atoms with Crippen molar-refractivity contribution in [2.45, 2.75) is 25.9 Å². The van der Waals surface area contributed by atoms with Crippen LogP contribution < -0.4 is 0 Å². The lowest BCUT2D eigenvalue weighted by Crippen LogP contribution is -2.07. The summed E-state index contributed by atoms with van der Waals surface area (Å²) in [4.78, 5) is 11.1. The van der Waals surface area contributed by atoms with Crippen LogP contribution in [0.2, 0.25) is 5.02 Å². The number of benzene rings is 1. The molecule has 0 aliphatic carbocycles. The monoisotopic (exact) mass is 260 g/mol. The van der Waals surface area contributed by atoms with E-state index in [2.05, 4.69) is 0 Å². The Morgan fingerprint density at radius 3 is 2.82 bits per heavy atom. The molecule has 0 radical (unpaired) electrons. The summed E-state index contributed by atoms with van der Waals surface area (Å²) in [5, 5.41) is 9.97. The fourth-order valence-corrected chi connectivity index (χ4v) is 1.65. The van der Waals surface area contributed by atoms with Gasteiger partial charge in [-0.1, -0.05) is 11.6 Å². The van der Waals surface area contributed by atoms with Gasteiger partial charge in [-0.05, 0) is 37.1 Å². The molecule has 94 valence electrons. The number of aliphatic hydroxyl groups is 1. The molecule has 0 saturated heterocycles. The van der Waals surface area contributed by atoms with Gasteiger partial charge >= 0.3 is 5.97 Å². The first-order valence-electron chi connectivity index (χ1n) is 5.32. The minimum Gasteiger partial charge on any atom is -0.466 e. The van der Waals surface area contributed by atoms with E-state index in [4.69, 9.17) is 16.3 Å². The molecule has 0 bridgehead atoms. The van der Waals surface area contributed by atoms with Crippen LogP contribution in [0.4, 0.5) is 4.39 Å². The van der Waals surface area contributed by atoms with Crippen molar-refractivity contribution in [2.24, 2.45) is 0 Å². The van der Waals surface area contributed by atoms with Crippen molar-refractivity contribution in [3.05, 3.63) is 34.6 Å². The van der Waals surface area contributed by atoms with Gasteiger partial charge in [-0.2, -0.15) is 0 Å². The van der Waals surface area contributed by atoms with Crippen LogP contribution in [0.1, 0.15) is 31.4 Å². The van der Waals surface area contributed by atoms with Gasteiger partial charge in [-0.3, -0.25) is 4.79 Å². The number of halogens is 2. The maximum atomic E-state index is 13.0. The first kappa shape index (κ1) is 13.9. The van der Waals surface area contributed by atoms with E-state index in [1.165, 1.54) is 12.1 Å². The van der Waals surface area contributed by atoms with Crippen LogP contribution >= 0.6 is 11.6 Å². The fourth-order valence-electron chi connectivity index (χ4n) is 1.42. The zero-order valence-electron chi connectivity index (χ0n) is 9.45. The average Bonchev–Trinajstić information content (AvgIpc) is 2.25. The number of hydrogen-bond donors (Lipinski definition) is 1. The molecule has 1 aromatic carbocycles. The number of hydrogen-bond acceptors (Lipinski definition) is 3. The zero-order chi connectivity index (χ0) is 12.8. The van der Waals surface area contributed by atoms with Gasteiger partial charge in [0.25, 0.3) is 0 Å². The van der Waals surface area contributed by atoms with Crippen molar-refractivity contribution in [3.63, 3.8) is 0 Å². The van der Waals surface area contributed by atoms with Crippen molar-refractivity contribution >= 4 is 17.6 Å². The van der Waals surface area contributed by atoms with Gasteiger partial charge in [-0.15, -0.1) is 0 Å². The average molecular weight is 261 g/mol. The molecular formula is C12H14ClFO3. The summed E-state index contributed by atoms with van der Waals surface area (Å²) >= 11 is 5.66. The molecule has 0 saturated carbocycles. The van der Waals surface area contributed by atoms with E-state index in [1.807, 2.05) is 0 Å². The van der Waals surface area contributed by atoms with Crippen molar-refractivity contribution in [1.29, 1.82) is 0 Å². The standard InChI is InChI=1S/C12H14ClFO3/c1-2-17-12(16)4-3-11(15)8-5-9(13)7-10(14)6-8/h5-7,11,15H,2-4H2,1H3. The molecule has 0 fully saturated rings. The molecule has 1 N–H and O–H groups in total. The maximum absolute atomic E-state index is 13.0. The van der Waals surface area contributed by atoms with Crippen molar-refractivity contribution in [3.8, 4) is 0 Å². The third-order valence-corrected chi connectivity index (χ3v) is 2.42.